The van der Waals surface area contributed by atoms with Crippen molar-refractivity contribution in [3.05, 3.63) is 0 Å². The summed E-state index contributed by atoms with van der Waals surface area (Å²) in [5.74, 6) is 0. The van der Waals surface area contributed by atoms with Crippen LogP contribution in [0.2, 0.25) is 0 Å². The summed E-state index contributed by atoms with van der Waals surface area (Å²) in [6.45, 7) is 6.00. The van der Waals surface area contributed by atoms with E-state index >= 15 is 0 Å². The number of hydrogen-bond acceptors (Lipinski definition) is 2. The zero-order valence-electron chi connectivity index (χ0n) is 9.89. The van der Waals surface area contributed by atoms with Crippen LogP contribution in [0.15, 0.2) is 0 Å². The van der Waals surface area contributed by atoms with Gasteiger partial charge in [-0.15, -0.1) is 0 Å². The molecule has 0 atom stereocenters. The summed E-state index contributed by atoms with van der Waals surface area (Å²) in [4.78, 5) is 2.57. The first kappa shape index (κ1) is 12.0. The van der Waals surface area contributed by atoms with E-state index in [0.717, 1.165) is 6.04 Å². The lowest BCUT2D eigenvalue weighted by molar-refractivity contribution is 0.195. The maximum Gasteiger partial charge on any atom is 0.0116 e. The van der Waals surface area contributed by atoms with Crippen LogP contribution in [0.4, 0.5) is 0 Å². The smallest absolute Gasteiger partial charge is 0.0116 e. The van der Waals surface area contributed by atoms with Crippen molar-refractivity contribution in [2.24, 2.45) is 0 Å². The topological polar surface area (TPSA) is 15.3 Å². The molecule has 0 aliphatic carbocycles. The minimum Gasteiger partial charge on any atom is -0.317 e. The van der Waals surface area contributed by atoms with E-state index in [1.807, 2.05) is 0 Å². The van der Waals surface area contributed by atoms with E-state index in [2.05, 4.69) is 24.2 Å². The summed E-state index contributed by atoms with van der Waals surface area (Å²) in [6, 6.07) is 0.845. The maximum atomic E-state index is 3.42. The van der Waals surface area contributed by atoms with Crippen LogP contribution in [-0.2, 0) is 0 Å². The second kappa shape index (κ2) is 7.24. The summed E-state index contributed by atoms with van der Waals surface area (Å²) in [5, 5.41) is 3.42. The number of nitrogens with zero attached hydrogens (tertiary/aromatic N) is 1. The van der Waals surface area contributed by atoms with E-state index in [9.17, 15) is 0 Å². The van der Waals surface area contributed by atoms with Gasteiger partial charge < -0.3 is 10.2 Å². The van der Waals surface area contributed by atoms with Crippen molar-refractivity contribution in [3.8, 4) is 0 Å². The number of nitrogens with one attached hydrogen (secondary N) is 1. The average molecular weight is 198 g/mol. The third-order valence-corrected chi connectivity index (χ3v) is 3.30. The van der Waals surface area contributed by atoms with Gasteiger partial charge in [0.25, 0.3) is 0 Å². The van der Waals surface area contributed by atoms with Gasteiger partial charge in [0.1, 0.15) is 0 Å². The van der Waals surface area contributed by atoms with Gasteiger partial charge in [-0.25, -0.2) is 0 Å². The Hall–Kier alpha value is -0.0800. The van der Waals surface area contributed by atoms with Crippen LogP contribution < -0.4 is 5.32 Å². The van der Waals surface area contributed by atoms with Crippen molar-refractivity contribution in [1.82, 2.24) is 10.2 Å². The van der Waals surface area contributed by atoms with E-state index in [4.69, 9.17) is 0 Å². The van der Waals surface area contributed by atoms with Crippen LogP contribution in [0.3, 0.4) is 0 Å². The molecule has 0 aromatic heterocycles. The molecule has 0 amide bonds. The molecule has 84 valence electrons. The normalized spacial score (nSPS) is 19.1. The summed E-state index contributed by atoms with van der Waals surface area (Å²) in [6.07, 6.45) is 8.21. The fourth-order valence-corrected chi connectivity index (χ4v) is 2.22. The lowest BCUT2D eigenvalue weighted by atomic mass is 10.0. The molecule has 0 spiro atoms. The van der Waals surface area contributed by atoms with Gasteiger partial charge in [-0.05, 0) is 45.9 Å². The molecule has 1 saturated heterocycles. The van der Waals surface area contributed by atoms with Gasteiger partial charge >= 0.3 is 0 Å². The van der Waals surface area contributed by atoms with Crippen LogP contribution in [0.5, 0.6) is 0 Å². The summed E-state index contributed by atoms with van der Waals surface area (Å²) < 4.78 is 0. The minimum absolute atomic E-state index is 0.845. The Bertz CT molecular complexity index is 130. The average Bonchev–Trinajstić information content (AvgIpc) is 2.25. The highest BCUT2D eigenvalue weighted by molar-refractivity contribution is 4.75. The highest BCUT2D eigenvalue weighted by Gasteiger charge is 2.16. The van der Waals surface area contributed by atoms with Crippen molar-refractivity contribution in [3.63, 3.8) is 0 Å². The van der Waals surface area contributed by atoms with Gasteiger partial charge in [-0.2, -0.15) is 0 Å². The Kier molecular flexibility index (Phi) is 6.20. The van der Waals surface area contributed by atoms with Crippen LogP contribution in [0, 0.1) is 0 Å². The first-order chi connectivity index (χ1) is 6.84. The van der Waals surface area contributed by atoms with Crippen molar-refractivity contribution >= 4 is 0 Å². The number of unbranched alkanes of at least 4 members (excludes halogenated alkanes) is 3. The van der Waals surface area contributed by atoms with E-state index in [-0.39, 0.29) is 0 Å². The minimum atomic E-state index is 0.845. The van der Waals surface area contributed by atoms with E-state index in [1.54, 1.807) is 0 Å². The molecule has 0 unspecified atom stereocenters. The van der Waals surface area contributed by atoms with E-state index in [0.29, 0.717) is 0 Å². The Morgan fingerprint density at radius 2 is 1.86 bits per heavy atom. The van der Waals surface area contributed by atoms with Gasteiger partial charge in [0.15, 0.2) is 0 Å². The summed E-state index contributed by atoms with van der Waals surface area (Å²) in [5.41, 5.74) is 0. The lowest BCUT2D eigenvalue weighted by Crippen LogP contribution is -2.41. The SMILES string of the molecule is CCCCCCN(C)C1CCNCC1. The van der Waals surface area contributed by atoms with Crippen LogP contribution >= 0.6 is 0 Å². The Balaban J connectivity index is 2.04. The molecule has 2 heteroatoms. The molecular formula is C12H26N2. The Morgan fingerprint density at radius 3 is 2.50 bits per heavy atom. The molecule has 0 radical (unpaired) electrons. The van der Waals surface area contributed by atoms with Crippen molar-refractivity contribution in [2.75, 3.05) is 26.7 Å². The lowest BCUT2D eigenvalue weighted by Gasteiger charge is -2.31. The monoisotopic (exact) mass is 198 g/mol. The van der Waals surface area contributed by atoms with Crippen molar-refractivity contribution in [2.45, 2.75) is 51.5 Å². The molecule has 1 rings (SSSR count). The third kappa shape index (κ3) is 4.43. The molecule has 1 heterocycles. The summed E-state index contributed by atoms with van der Waals surface area (Å²) in [7, 11) is 2.29. The van der Waals surface area contributed by atoms with Crippen LogP contribution in [0.25, 0.3) is 0 Å². The fourth-order valence-electron chi connectivity index (χ4n) is 2.22. The van der Waals surface area contributed by atoms with Crippen LogP contribution in [0.1, 0.15) is 45.4 Å². The van der Waals surface area contributed by atoms with Crippen molar-refractivity contribution < 1.29 is 0 Å². The predicted octanol–water partition coefficient (Wildman–Crippen LogP) is 2.25. The molecule has 2 nitrogen and oxygen atoms in total. The standard InChI is InChI=1S/C12H26N2/c1-3-4-5-6-11-14(2)12-7-9-13-10-8-12/h12-13H,3-11H2,1-2H3. The second-order valence-corrected chi connectivity index (χ2v) is 4.52. The Labute approximate surface area is 89.1 Å². The van der Waals surface area contributed by atoms with Gasteiger partial charge in [0.05, 0.1) is 0 Å². The van der Waals surface area contributed by atoms with E-state index in [1.165, 1.54) is 58.2 Å². The first-order valence-corrected chi connectivity index (χ1v) is 6.25. The third-order valence-electron chi connectivity index (χ3n) is 3.30. The van der Waals surface area contributed by atoms with Gasteiger partial charge in [-0.1, -0.05) is 26.2 Å². The molecule has 1 fully saturated rings. The zero-order chi connectivity index (χ0) is 10.2. The predicted molar refractivity (Wildman–Crippen MR) is 62.7 cm³/mol. The maximum absolute atomic E-state index is 3.42. The molecule has 0 aromatic rings. The molecule has 1 aliphatic heterocycles. The van der Waals surface area contributed by atoms with Gasteiger partial charge in [-0.3, -0.25) is 0 Å². The van der Waals surface area contributed by atoms with Gasteiger partial charge in [0, 0.05) is 6.04 Å². The molecule has 14 heavy (non-hydrogen) atoms. The van der Waals surface area contributed by atoms with Crippen molar-refractivity contribution in [1.29, 1.82) is 0 Å². The number of piperidine rings is 1. The molecular weight excluding hydrogens is 172 g/mol. The quantitative estimate of drug-likeness (QED) is 0.659. The molecule has 1 N–H and O–H groups in total. The van der Waals surface area contributed by atoms with E-state index < -0.39 is 0 Å². The summed E-state index contributed by atoms with van der Waals surface area (Å²) >= 11 is 0. The second-order valence-electron chi connectivity index (χ2n) is 4.52. The van der Waals surface area contributed by atoms with Gasteiger partial charge in [0.2, 0.25) is 0 Å². The molecule has 0 aromatic carbocycles. The highest BCUT2D eigenvalue weighted by atomic mass is 15.1. The first-order valence-electron chi connectivity index (χ1n) is 6.25. The Morgan fingerprint density at radius 1 is 1.14 bits per heavy atom. The zero-order valence-corrected chi connectivity index (χ0v) is 9.89. The largest absolute Gasteiger partial charge is 0.317 e. The number of hydrogen-bond donors (Lipinski definition) is 1. The molecule has 1 aliphatic rings. The fraction of sp³-hybridized carbons (Fsp3) is 1.00. The van der Waals surface area contributed by atoms with Crippen LogP contribution in [-0.4, -0.2) is 37.6 Å². The highest BCUT2D eigenvalue weighted by Crippen LogP contribution is 2.11. The number of rotatable bonds is 6. The molecule has 0 bridgehead atoms. The molecule has 0 saturated carbocycles.